The molecule has 0 aliphatic carbocycles. The molecule has 14 nitrogen and oxygen atoms in total. The van der Waals surface area contributed by atoms with Gasteiger partial charge in [-0.1, -0.05) is 26.0 Å². The summed E-state index contributed by atoms with van der Waals surface area (Å²) in [6.07, 6.45) is 3.83. The fourth-order valence-electron chi connectivity index (χ4n) is 4.95. The standard InChI is InChI=1S/C31H45N5O9S/c1-5-45-26(38)13-7-6-10-20(33-29(41)24-12-9-17-46-24)27(39)34-21(14-15-25(32)37)30(42)36-16-8-11-23(36)28(40)35-22(18-19(2)3)31(43)44-4/h7,9,12-13,17,19-23H,5-6,8,10-11,14-16,18H2,1-4H3,(H2,32,37)(H,33,41)(H,34,39)(H,35,40)/b13-7-/t20-,21-,22-,23-/m0/s1. The summed E-state index contributed by atoms with van der Waals surface area (Å²) in [5.41, 5.74) is 5.36. The molecule has 5 N–H and O–H groups in total. The lowest BCUT2D eigenvalue weighted by molar-refractivity contribution is -0.147. The van der Waals surface area contributed by atoms with Gasteiger partial charge in [-0.15, -0.1) is 11.3 Å². The number of likely N-dealkylation sites (tertiary alicyclic amines) is 1. The highest BCUT2D eigenvalue weighted by Crippen LogP contribution is 2.21. The Labute approximate surface area is 272 Å². The molecule has 1 aliphatic rings. The van der Waals surface area contributed by atoms with Gasteiger partial charge in [-0.05, 0) is 62.8 Å². The maximum absolute atomic E-state index is 13.8. The van der Waals surface area contributed by atoms with E-state index in [9.17, 15) is 33.6 Å². The highest BCUT2D eigenvalue weighted by atomic mass is 32.1. The average molecular weight is 664 g/mol. The molecule has 5 amide bonds. The SMILES string of the molecule is CCOC(=O)/C=C\CC[C@H](NC(=O)c1cccs1)C(=O)N[C@@H](CCC(N)=O)C(=O)N1CCC[C@H]1C(=O)N[C@@H](CC(C)C)C(=O)OC. The largest absolute Gasteiger partial charge is 0.467 e. The molecular weight excluding hydrogens is 618 g/mol. The van der Waals surface area contributed by atoms with Gasteiger partial charge in [0, 0.05) is 19.0 Å². The topological polar surface area (TPSA) is 203 Å². The molecule has 0 aromatic carbocycles. The second-order valence-electron chi connectivity index (χ2n) is 11.2. The van der Waals surface area contributed by atoms with E-state index in [1.54, 1.807) is 24.4 Å². The first-order valence-corrected chi connectivity index (χ1v) is 16.2. The van der Waals surface area contributed by atoms with Crippen LogP contribution in [0.2, 0.25) is 0 Å². The zero-order valence-corrected chi connectivity index (χ0v) is 27.6. The molecule has 2 rings (SSSR count). The van der Waals surface area contributed by atoms with Crippen LogP contribution in [0.5, 0.6) is 0 Å². The predicted octanol–water partition coefficient (Wildman–Crippen LogP) is 1.19. The Morgan fingerprint density at radius 3 is 2.41 bits per heavy atom. The smallest absolute Gasteiger partial charge is 0.330 e. The number of nitrogens with one attached hydrogen (secondary N) is 3. The van der Waals surface area contributed by atoms with Crippen LogP contribution >= 0.6 is 11.3 Å². The minimum Gasteiger partial charge on any atom is -0.467 e. The van der Waals surface area contributed by atoms with Gasteiger partial charge in [-0.3, -0.25) is 24.0 Å². The zero-order chi connectivity index (χ0) is 34.2. The van der Waals surface area contributed by atoms with Gasteiger partial charge < -0.3 is 36.1 Å². The summed E-state index contributed by atoms with van der Waals surface area (Å²) in [6.45, 7) is 5.88. The number of hydrogen-bond acceptors (Lipinski definition) is 10. The Morgan fingerprint density at radius 1 is 1.07 bits per heavy atom. The number of methoxy groups -OCH3 is 1. The lowest BCUT2D eigenvalue weighted by Crippen LogP contribution is -2.57. The Kier molecular flexibility index (Phi) is 15.9. The van der Waals surface area contributed by atoms with E-state index in [0.29, 0.717) is 24.1 Å². The molecule has 1 saturated heterocycles. The molecule has 1 aromatic rings. The molecule has 4 atom stereocenters. The van der Waals surface area contributed by atoms with Crippen molar-refractivity contribution in [3.63, 3.8) is 0 Å². The number of allylic oxidation sites excluding steroid dienone is 1. The van der Waals surface area contributed by atoms with Crippen LogP contribution in [-0.4, -0.2) is 90.8 Å². The van der Waals surface area contributed by atoms with Crippen LogP contribution in [0.25, 0.3) is 0 Å². The molecule has 46 heavy (non-hydrogen) atoms. The summed E-state index contributed by atoms with van der Waals surface area (Å²) in [5, 5.41) is 9.74. The minimum absolute atomic E-state index is 0.0769. The third-order valence-corrected chi connectivity index (χ3v) is 8.04. The molecule has 0 spiro atoms. The van der Waals surface area contributed by atoms with Crippen molar-refractivity contribution in [3.8, 4) is 0 Å². The van der Waals surface area contributed by atoms with Gasteiger partial charge in [-0.25, -0.2) is 9.59 Å². The van der Waals surface area contributed by atoms with Crippen molar-refractivity contribution in [2.24, 2.45) is 11.7 Å². The van der Waals surface area contributed by atoms with Gasteiger partial charge in [0.15, 0.2) is 0 Å². The number of amides is 5. The molecule has 0 saturated carbocycles. The van der Waals surface area contributed by atoms with E-state index in [1.807, 2.05) is 13.8 Å². The number of primary amides is 1. The van der Waals surface area contributed by atoms with Crippen molar-refractivity contribution in [3.05, 3.63) is 34.5 Å². The monoisotopic (exact) mass is 663 g/mol. The average Bonchev–Trinajstić information content (AvgIpc) is 3.72. The van der Waals surface area contributed by atoms with Crippen molar-refractivity contribution in [1.29, 1.82) is 0 Å². The summed E-state index contributed by atoms with van der Waals surface area (Å²) < 4.78 is 9.70. The number of rotatable bonds is 18. The van der Waals surface area contributed by atoms with E-state index in [0.717, 1.165) is 0 Å². The van der Waals surface area contributed by atoms with Crippen molar-refractivity contribution in [1.82, 2.24) is 20.9 Å². The summed E-state index contributed by atoms with van der Waals surface area (Å²) in [4.78, 5) is 90.9. The van der Waals surface area contributed by atoms with E-state index in [4.69, 9.17) is 15.2 Å². The number of nitrogens with zero attached hydrogens (tertiary/aromatic N) is 1. The Hall–Kier alpha value is -4.27. The van der Waals surface area contributed by atoms with Crippen LogP contribution < -0.4 is 21.7 Å². The van der Waals surface area contributed by atoms with Crippen LogP contribution in [0.1, 0.15) is 75.4 Å². The quantitative estimate of drug-likeness (QED) is 0.131. The van der Waals surface area contributed by atoms with Crippen molar-refractivity contribution >= 4 is 52.8 Å². The Balaban J connectivity index is 2.25. The number of esters is 2. The van der Waals surface area contributed by atoms with Crippen molar-refractivity contribution in [2.45, 2.75) is 89.9 Å². The number of thiophene rings is 1. The number of carbonyl (C=O) groups is 7. The highest BCUT2D eigenvalue weighted by Gasteiger charge is 2.39. The van der Waals surface area contributed by atoms with Crippen molar-refractivity contribution in [2.75, 3.05) is 20.3 Å². The first kappa shape index (κ1) is 37.9. The maximum atomic E-state index is 13.8. The molecule has 15 heteroatoms. The van der Waals surface area contributed by atoms with Crippen molar-refractivity contribution < 1.29 is 43.0 Å². The van der Waals surface area contributed by atoms with E-state index < -0.39 is 65.6 Å². The van der Waals surface area contributed by atoms with Gasteiger partial charge in [0.2, 0.25) is 23.6 Å². The third-order valence-electron chi connectivity index (χ3n) is 7.17. The van der Waals surface area contributed by atoms with E-state index in [1.165, 1.54) is 35.5 Å². The minimum atomic E-state index is -1.24. The van der Waals surface area contributed by atoms with Gasteiger partial charge >= 0.3 is 11.9 Å². The molecule has 0 radical (unpaired) electrons. The molecule has 0 unspecified atom stereocenters. The molecule has 1 fully saturated rings. The first-order chi connectivity index (χ1) is 21.9. The van der Waals surface area contributed by atoms with Crippen LogP contribution in [-0.2, 0) is 38.2 Å². The number of ether oxygens (including phenoxy) is 2. The summed E-state index contributed by atoms with van der Waals surface area (Å²) >= 11 is 1.18. The van der Waals surface area contributed by atoms with E-state index in [-0.39, 0.29) is 44.8 Å². The second kappa shape index (κ2) is 19.3. The molecule has 254 valence electrons. The highest BCUT2D eigenvalue weighted by molar-refractivity contribution is 7.12. The number of hydrogen-bond donors (Lipinski definition) is 4. The van der Waals surface area contributed by atoms with Crippen LogP contribution in [0.15, 0.2) is 29.7 Å². The van der Waals surface area contributed by atoms with Gasteiger partial charge in [0.05, 0.1) is 18.6 Å². The normalized spacial score (nSPS) is 16.4. The zero-order valence-electron chi connectivity index (χ0n) is 26.7. The maximum Gasteiger partial charge on any atom is 0.330 e. The fraction of sp³-hybridized carbons (Fsp3) is 0.581. The van der Waals surface area contributed by atoms with Gasteiger partial charge in [0.25, 0.3) is 5.91 Å². The molecule has 1 aliphatic heterocycles. The summed E-state index contributed by atoms with van der Waals surface area (Å²) in [6, 6.07) is -0.877. The van der Waals surface area contributed by atoms with Crippen LogP contribution in [0.4, 0.5) is 0 Å². The summed E-state index contributed by atoms with van der Waals surface area (Å²) in [7, 11) is 1.23. The summed E-state index contributed by atoms with van der Waals surface area (Å²) in [5.74, 6) is -4.08. The molecule has 2 heterocycles. The number of carbonyl (C=O) groups excluding carboxylic acids is 7. The molecule has 1 aromatic heterocycles. The van der Waals surface area contributed by atoms with Gasteiger partial charge in [-0.2, -0.15) is 0 Å². The predicted molar refractivity (Wildman–Crippen MR) is 169 cm³/mol. The molecule has 0 bridgehead atoms. The molecular formula is C31H45N5O9S. The Morgan fingerprint density at radius 2 is 1.80 bits per heavy atom. The fourth-order valence-corrected chi connectivity index (χ4v) is 5.58. The lowest BCUT2D eigenvalue weighted by atomic mass is 10.0. The first-order valence-electron chi connectivity index (χ1n) is 15.3. The van der Waals surface area contributed by atoms with E-state index in [2.05, 4.69) is 16.0 Å². The van der Waals surface area contributed by atoms with E-state index >= 15 is 0 Å². The van der Waals surface area contributed by atoms with Crippen LogP contribution in [0.3, 0.4) is 0 Å². The Bertz CT molecular complexity index is 1250. The van der Waals surface area contributed by atoms with Gasteiger partial charge in [0.1, 0.15) is 24.2 Å². The number of nitrogens with two attached hydrogens (primary N) is 1. The second-order valence-corrected chi connectivity index (χ2v) is 12.2. The van der Waals surface area contributed by atoms with Crippen LogP contribution in [0, 0.1) is 5.92 Å². The third kappa shape index (κ3) is 12.3. The lowest BCUT2D eigenvalue weighted by Gasteiger charge is -2.30.